The summed E-state index contributed by atoms with van der Waals surface area (Å²) in [6, 6.07) is 14.1. The van der Waals surface area contributed by atoms with Gasteiger partial charge < -0.3 is 25.1 Å². The normalized spacial score (nSPS) is 18.8. The molecule has 5 rings (SSSR count). The first-order valence-electron chi connectivity index (χ1n) is 12.2. The molecule has 3 aromatic rings. The molecule has 174 valence electrons. The summed E-state index contributed by atoms with van der Waals surface area (Å²) in [7, 11) is 0. The molecule has 0 spiro atoms. The maximum Gasteiger partial charge on any atom is 0.255 e. The number of anilines is 1. The van der Waals surface area contributed by atoms with Crippen molar-refractivity contribution in [2.75, 3.05) is 18.5 Å². The number of carbonyl (C=O) groups excluding carboxylic acids is 1. The van der Waals surface area contributed by atoms with Crippen molar-refractivity contribution in [2.24, 2.45) is 0 Å². The summed E-state index contributed by atoms with van der Waals surface area (Å²) in [4.78, 5) is 16.4. The van der Waals surface area contributed by atoms with Crippen LogP contribution in [0, 0.1) is 6.92 Å². The van der Waals surface area contributed by atoms with Crippen molar-refractivity contribution in [3.05, 3.63) is 59.3 Å². The summed E-state index contributed by atoms with van der Waals surface area (Å²) in [6.45, 7) is 4.28. The fourth-order valence-electron chi connectivity index (χ4n) is 4.88. The van der Waals surface area contributed by atoms with E-state index in [1.165, 1.54) is 31.4 Å². The number of hydrogen-bond donors (Lipinski definition) is 3. The van der Waals surface area contributed by atoms with Crippen LogP contribution >= 0.6 is 0 Å². The van der Waals surface area contributed by atoms with E-state index < -0.39 is 0 Å². The van der Waals surface area contributed by atoms with Gasteiger partial charge in [0.2, 0.25) is 0 Å². The third-order valence-electron chi connectivity index (χ3n) is 6.89. The van der Waals surface area contributed by atoms with Crippen molar-refractivity contribution in [3.63, 3.8) is 0 Å². The van der Waals surface area contributed by atoms with Crippen LogP contribution in [-0.2, 0) is 11.3 Å². The lowest BCUT2D eigenvalue weighted by Gasteiger charge is -2.12. The molecule has 6 nitrogen and oxygen atoms in total. The molecule has 2 aliphatic rings. The molecule has 1 aromatic heterocycles. The Morgan fingerprint density at radius 2 is 1.91 bits per heavy atom. The molecule has 1 saturated heterocycles. The van der Waals surface area contributed by atoms with Gasteiger partial charge in [0.1, 0.15) is 12.4 Å². The van der Waals surface area contributed by atoms with Gasteiger partial charge in [-0.1, -0.05) is 12.8 Å². The minimum absolute atomic E-state index is 0.123. The second-order valence-corrected chi connectivity index (χ2v) is 9.28. The van der Waals surface area contributed by atoms with Gasteiger partial charge in [0, 0.05) is 47.0 Å². The zero-order valence-electron chi connectivity index (χ0n) is 19.3. The molecular weight excluding hydrogens is 414 g/mol. The van der Waals surface area contributed by atoms with E-state index in [2.05, 4.69) is 28.6 Å². The molecule has 33 heavy (non-hydrogen) atoms. The van der Waals surface area contributed by atoms with Crippen molar-refractivity contribution in [2.45, 2.75) is 64.1 Å². The maximum absolute atomic E-state index is 12.8. The highest BCUT2D eigenvalue weighted by Crippen LogP contribution is 2.27. The molecule has 6 heteroatoms. The van der Waals surface area contributed by atoms with Gasteiger partial charge in [0.25, 0.3) is 5.91 Å². The van der Waals surface area contributed by atoms with Crippen LogP contribution in [0.5, 0.6) is 5.75 Å². The number of carbonyl (C=O) groups is 1. The van der Waals surface area contributed by atoms with Crippen LogP contribution in [0.3, 0.4) is 0 Å². The Hall–Kier alpha value is -2.83. The van der Waals surface area contributed by atoms with E-state index in [0.717, 1.165) is 53.9 Å². The van der Waals surface area contributed by atoms with Crippen LogP contribution in [0.1, 0.15) is 60.1 Å². The lowest BCUT2D eigenvalue weighted by molar-refractivity contribution is 0.0679. The molecule has 3 N–H and O–H groups in total. The Bertz CT molecular complexity index is 1090. The molecular formula is C27H33N3O3. The summed E-state index contributed by atoms with van der Waals surface area (Å²) in [6.07, 6.45) is 7.53. The zero-order chi connectivity index (χ0) is 22.6. The SMILES string of the molecule is Cc1c(NC(=O)c2ccc(OC[C@@H]3CCCO3)cc2)ccc2[nH]c(CNC3CCCC3)cc12. The molecule has 2 fully saturated rings. The summed E-state index contributed by atoms with van der Waals surface area (Å²) < 4.78 is 11.4. The average Bonchev–Trinajstić information content (AvgIpc) is 3.60. The van der Waals surface area contributed by atoms with Gasteiger partial charge in [-0.3, -0.25) is 4.79 Å². The van der Waals surface area contributed by atoms with E-state index in [1.54, 1.807) is 12.1 Å². The molecule has 0 radical (unpaired) electrons. The average molecular weight is 448 g/mol. The Labute approximate surface area is 195 Å². The first-order valence-corrected chi connectivity index (χ1v) is 12.2. The molecule has 1 aliphatic carbocycles. The lowest BCUT2D eigenvalue weighted by Crippen LogP contribution is -2.25. The summed E-state index contributed by atoms with van der Waals surface area (Å²) in [5.41, 5.74) is 4.79. The highest BCUT2D eigenvalue weighted by Gasteiger charge is 2.17. The van der Waals surface area contributed by atoms with Gasteiger partial charge in [0.15, 0.2) is 0 Å². The molecule has 1 atom stereocenters. The Morgan fingerprint density at radius 3 is 2.67 bits per heavy atom. The van der Waals surface area contributed by atoms with Crippen LogP contribution in [0.25, 0.3) is 10.9 Å². The number of nitrogens with one attached hydrogen (secondary N) is 3. The molecule has 2 aromatic carbocycles. The number of amides is 1. The van der Waals surface area contributed by atoms with E-state index in [4.69, 9.17) is 9.47 Å². The number of ether oxygens (including phenoxy) is 2. The number of H-pyrrole nitrogens is 1. The second-order valence-electron chi connectivity index (χ2n) is 9.28. The van der Waals surface area contributed by atoms with Crippen molar-refractivity contribution in [1.29, 1.82) is 0 Å². The topological polar surface area (TPSA) is 75.4 Å². The molecule has 1 amide bonds. The number of aryl methyl sites for hydroxylation is 1. The minimum Gasteiger partial charge on any atom is -0.491 e. The minimum atomic E-state index is -0.123. The third kappa shape index (κ3) is 5.23. The predicted molar refractivity (Wildman–Crippen MR) is 131 cm³/mol. The van der Waals surface area contributed by atoms with Crippen molar-refractivity contribution in [3.8, 4) is 5.75 Å². The van der Waals surface area contributed by atoms with Gasteiger partial charge >= 0.3 is 0 Å². The quantitative estimate of drug-likeness (QED) is 0.437. The zero-order valence-corrected chi connectivity index (χ0v) is 19.3. The number of hydrogen-bond acceptors (Lipinski definition) is 4. The Balaban J connectivity index is 1.21. The fourth-order valence-corrected chi connectivity index (χ4v) is 4.88. The summed E-state index contributed by atoms with van der Waals surface area (Å²) >= 11 is 0. The van der Waals surface area contributed by atoms with E-state index in [0.29, 0.717) is 18.2 Å². The van der Waals surface area contributed by atoms with E-state index in [-0.39, 0.29) is 12.0 Å². The number of fused-ring (bicyclic) bond motifs is 1. The van der Waals surface area contributed by atoms with Crippen molar-refractivity contribution < 1.29 is 14.3 Å². The molecule has 1 aliphatic heterocycles. The van der Waals surface area contributed by atoms with Crippen LogP contribution in [0.4, 0.5) is 5.69 Å². The van der Waals surface area contributed by atoms with Gasteiger partial charge in [0.05, 0.1) is 6.10 Å². The van der Waals surface area contributed by atoms with Gasteiger partial charge in [-0.15, -0.1) is 0 Å². The third-order valence-corrected chi connectivity index (χ3v) is 6.89. The first-order chi connectivity index (χ1) is 16.2. The standard InChI is InChI=1S/C27H33N3O3/c1-18-24-15-21(16-28-20-5-2-3-6-20)29-26(24)13-12-25(18)30-27(31)19-8-10-22(11-9-19)33-17-23-7-4-14-32-23/h8-13,15,20,23,28-29H,2-7,14,16-17H2,1H3,(H,30,31)/t23-/m0/s1. The first kappa shape index (κ1) is 22.0. The molecule has 2 heterocycles. The highest BCUT2D eigenvalue weighted by molar-refractivity contribution is 6.06. The van der Waals surface area contributed by atoms with E-state index in [9.17, 15) is 4.79 Å². The maximum atomic E-state index is 12.8. The number of aromatic amines is 1. The van der Waals surface area contributed by atoms with Gasteiger partial charge in [-0.25, -0.2) is 0 Å². The lowest BCUT2D eigenvalue weighted by atomic mass is 10.1. The van der Waals surface area contributed by atoms with Gasteiger partial charge in [-0.05, 0) is 80.6 Å². The van der Waals surface area contributed by atoms with Crippen LogP contribution < -0.4 is 15.4 Å². The smallest absolute Gasteiger partial charge is 0.255 e. The number of benzene rings is 2. The number of aromatic nitrogens is 1. The number of rotatable bonds is 8. The molecule has 0 bridgehead atoms. The Morgan fingerprint density at radius 1 is 1.09 bits per heavy atom. The highest BCUT2D eigenvalue weighted by atomic mass is 16.5. The predicted octanol–water partition coefficient (Wildman–Crippen LogP) is 5.32. The molecule has 0 unspecified atom stereocenters. The summed E-state index contributed by atoms with van der Waals surface area (Å²) in [5.74, 6) is 0.632. The van der Waals surface area contributed by atoms with E-state index >= 15 is 0 Å². The van der Waals surface area contributed by atoms with Crippen molar-refractivity contribution >= 4 is 22.5 Å². The van der Waals surface area contributed by atoms with Crippen LogP contribution in [-0.4, -0.2) is 36.3 Å². The summed E-state index contributed by atoms with van der Waals surface area (Å²) in [5, 5.41) is 7.88. The van der Waals surface area contributed by atoms with Crippen LogP contribution in [0.15, 0.2) is 42.5 Å². The van der Waals surface area contributed by atoms with Crippen LogP contribution in [0.2, 0.25) is 0 Å². The van der Waals surface area contributed by atoms with Crippen molar-refractivity contribution in [1.82, 2.24) is 10.3 Å². The molecule has 1 saturated carbocycles. The monoisotopic (exact) mass is 447 g/mol. The fraction of sp³-hybridized carbons (Fsp3) is 0.444. The Kier molecular flexibility index (Phi) is 6.65. The second kappa shape index (κ2) is 9.98. The largest absolute Gasteiger partial charge is 0.491 e. The van der Waals surface area contributed by atoms with Gasteiger partial charge in [-0.2, -0.15) is 0 Å². The van der Waals surface area contributed by atoms with E-state index in [1.807, 2.05) is 24.3 Å².